The van der Waals surface area contributed by atoms with Crippen molar-refractivity contribution in [3.63, 3.8) is 0 Å². The average Bonchev–Trinajstić information content (AvgIpc) is 3.95. The molecule has 0 N–H and O–H groups in total. The van der Waals surface area contributed by atoms with Crippen molar-refractivity contribution in [2.75, 3.05) is 0 Å². The maximum atomic E-state index is 2.33. The second kappa shape index (κ2) is 27.6. The van der Waals surface area contributed by atoms with Crippen molar-refractivity contribution in [1.29, 1.82) is 0 Å². The molecule has 0 radical (unpaired) electrons. The van der Waals surface area contributed by atoms with Crippen LogP contribution in [0.1, 0.15) is 49.9 Å². The number of rotatable bonds is 4. The number of aryl methyl sites for hydroxylation is 4. The first-order valence-corrected chi connectivity index (χ1v) is 34.4. The third kappa shape index (κ3) is 17.9. The minimum Gasteiger partial charge on any atom is -1.00 e. The van der Waals surface area contributed by atoms with Crippen LogP contribution in [0.4, 0.5) is 0 Å². The first-order chi connectivity index (χ1) is 25.1. The molecule has 0 unspecified atom stereocenters. The SMILES string of the molecule is CCc1cc2ccccc2[cH-]1.CCc1cc2ccccc2[cH-]1.CCc1cc2ccccc2[cH-]1.CCc1cc2ccccc2[cH-]1.C[Si](C)=[Hf+2].C[Si](C)=[Hf+2].[Cl-].[Cl-]. The van der Waals surface area contributed by atoms with Gasteiger partial charge in [0.05, 0.1) is 0 Å². The minimum atomic E-state index is 0. The molecule has 8 rings (SSSR count). The van der Waals surface area contributed by atoms with Crippen LogP contribution in [0.5, 0.6) is 0 Å². The molecule has 54 heavy (non-hydrogen) atoms. The topological polar surface area (TPSA) is 0 Å². The third-order valence-electron chi connectivity index (χ3n) is 8.34. The Morgan fingerprint density at radius 2 is 0.537 bits per heavy atom. The fourth-order valence-electron chi connectivity index (χ4n) is 5.68. The Morgan fingerprint density at radius 3 is 0.685 bits per heavy atom. The molecule has 0 fully saturated rings. The van der Waals surface area contributed by atoms with E-state index in [0.29, 0.717) is 0 Å². The van der Waals surface area contributed by atoms with Gasteiger partial charge in [-0.15, -0.1) is 162 Å². The first-order valence-electron chi connectivity index (χ1n) is 18.7. The van der Waals surface area contributed by atoms with Gasteiger partial charge in [-0.1, -0.05) is 52.0 Å². The zero-order valence-electron chi connectivity index (χ0n) is 33.4. The molecule has 0 saturated carbocycles. The number of benzene rings is 4. The summed E-state index contributed by atoms with van der Waals surface area (Å²) in [6.07, 6.45) is 4.53. The molecule has 6 heteroatoms. The van der Waals surface area contributed by atoms with E-state index >= 15 is 0 Å². The second-order valence-electron chi connectivity index (χ2n) is 13.4. The largest absolute Gasteiger partial charge is 1.00 e. The molecular weight excluding hydrogens is 1060 g/mol. The second-order valence-corrected chi connectivity index (χ2v) is 38.9. The van der Waals surface area contributed by atoms with Crippen molar-refractivity contribution >= 4 is 54.1 Å². The van der Waals surface area contributed by atoms with Crippen LogP contribution in [0.2, 0.25) is 26.2 Å². The summed E-state index contributed by atoms with van der Waals surface area (Å²) in [6.45, 7) is 18.1. The van der Waals surface area contributed by atoms with Gasteiger partial charge in [0.1, 0.15) is 0 Å². The maximum absolute atomic E-state index is 2.33. The quantitative estimate of drug-likeness (QED) is 0.124. The fourth-order valence-corrected chi connectivity index (χ4v) is 5.68. The molecule has 280 valence electrons. The summed E-state index contributed by atoms with van der Waals surface area (Å²) in [5, 5.41) is 10.9. The van der Waals surface area contributed by atoms with Crippen LogP contribution in [0.25, 0.3) is 43.1 Å². The molecule has 8 aromatic rings. The molecule has 0 aliphatic rings. The van der Waals surface area contributed by atoms with Gasteiger partial charge >= 0.3 is 83.2 Å². The Labute approximate surface area is 368 Å². The molecule has 0 aliphatic heterocycles. The van der Waals surface area contributed by atoms with E-state index in [1.165, 1.54) is 111 Å². The van der Waals surface area contributed by atoms with Crippen LogP contribution >= 0.6 is 0 Å². The van der Waals surface area contributed by atoms with Crippen molar-refractivity contribution in [2.45, 2.75) is 79.6 Å². The normalized spacial score (nSPS) is 9.70. The Morgan fingerprint density at radius 1 is 0.370 bits per heavy atom. The molecule has 0 heterocycles. The van der Waals surface area contributed by atoms with E-state index in [9.17, 15) is 0 Å². The Hall–Kier alpha value is -1.93. The van der Waals surface area contributed by atoms with Gasteiger partial charge in [0.15, 0.2) is 0 Å². The number of fused-ring (bicyclic) bond motifs is 4. The van der Waals surface area contributed by atoms with E-state index < -0.39 is 0 Å². The van der Waals surface area contributed by atoms with Crippen molar-refractivity contribution in [3.8, 4) is 0 Å². The van der Waals surface area contributed by atoms with Gasteiger partial charge < -0.3 is 24.8 Å². The third-order valence-corrected chi connectivity index (χ3v) is 8.34. The molecule has 8 aromatic carbocycles. The molecule has 0 aliphatic carbocycles. The van der Waals surface area contributed by atoms with Crippen LogP contribution in [-0.4, -0.2) is 11.0 Å². The molecule has 0 saturated heterocycles. The zero-order valence-corrected chi connectivity index (χ0v) is 44.1. The van der Waals surface area contributed by atoms with Gasteiger partial charge in [-0.05, 0) is 25.7 Å². The Kier molecular flexibility index (Phi) is 25.6. The average molecular weight is 1120 g/mol. The summed E-state index contributed by atoms with van der Waals surface area (Å²) in [7, 11) is 0. The first kappa shape index (κ1) is 50.1. The fraction of sp³-hybridized carbons (Fsp3) is 0.250. The van der Waals surface area contributed by atoms with Gasteiger partial charge in [-0.2, -0.15) is 24.3 Å². The van der Waals surface area contributed by atoms with Crippen molar-refractivity contribution < 1.29 is 70.8 Å². The van der Waals surface area contributed by atoms with E-state index in [0.717, 1.165) is 25.7 Å². The summed E-state index contributed by atoms with van der Waals surface area (Å²) in [5.74, 6) is 0. The summed E-state index contributed by atoms with van der Waals surface area (Å²) in [6, 6.07) is 52.0. The van der Waals surface area contributed by atoms with Crippen molar-refractivity contribution in [2.24, 2.45) is 0 Å². The number of hydrogen-bond acceptors (Lipinski definition) is 0. The van der Waals surface area contributed by atoms with E-state index in [2.05, 4.69) is 199 Å². The molecule has 0 amide bonds. The summed E-state index contributed by atoms with van der Waals surface area (Å²) >= 11 is 2.90. The minimum absolute atomic E-state index is 0. The smallest absolute Gasteiger partial charge is 1.00 e. The Balaban J connectivity index is 0.000000334. The van der Waals surface area contributed by atoms with E-state index in [1.54, 1.807) is 0 Å². The van der Waals surface area contributed by atoms with Crippen LogP contribution in [0.15, 0.2) is 146 Å². The summed E-state index contributed by atoms with van der Waals surface area (Å²) < 4.78 is 0. The van der Waals surface area contributed by atoms with Crippen LogP contribution in [0, 0.1) is 0 Å². The zero-order chi connectivity index (χ0) is 37.9. The van der Waals surface area contributed by atoms with Gasteiger partial charge in [-0.25, -0.2) is 0 Å². The molecule has 0 spiro atoms. The predicted octanol–water partition coefficient (Wildman–Crippen LogP) is 8.06. The maximum Gasteiger partial charge on any atom is -1.00 e. The molecule has 0 bridgehead atoms. The van der Waals surface area contributed by atoms with E-state index in [1.807, 2.05) is 0 Å². The Bertz CT molecular complexity index is 1800. The number of halogens is 2. The van der Waals surface area contributed by atoms with Crippen LogP contribution in [-0.2, 0) is 71.7 Å². The standard InChI is InChI=1S/4C11H11.2C2H6Si.2ClH.2Hf/c4*1-2-9-7-10-5-3-4-6-11(10)8-9;2*1-3-2;;;;/h4*3-8H,2H2,1H3;2*1-2H3;2*1H;;/q4*-1;;;;;2*+2/p-2. The van der Waals surface area contributed by atoms with Gasteiger partial charge in [0, 0.05) is 0 Å². The van der Waals surface area contributed by atoms with Crippen LogP contribution < -0.4 is 24.8 Å². The number of hydrogen-bond donors (Lipinski definition) is 0. The van der Waals surface area contributed by atoms with Gasteiger partial charge in [0.25, 0.3) is 0 Å². The van der Waals surface area contributed by atoms with Crippen molar-refractivity contribution in [3.05, 3.63) is 168 Å². The van der Waals surface area contributed by atoms with E-state index in [4.69, 9.17) is 0 Å². The molecule has 0 nitrogen and oxygen atoms in total. The van der Waals surface area contributed by atoms with Gasteiger partial charge in [0.2, 0.25) is 0 Å². The predicted molar refractivity (Wildman–Crippen MR) is 231 cm³/mol. The van der Waals surface area contributed by atoms with E-state index in [-0.39, 0.29) is 35.8 Å². The molecular formula is C48H56Cl2Hf2Si2-2. The summed E-state index contributed by atoms with van der Waals surface area (Å²) in [5.41, 5.74) is 6.26. The monoisotopic (exact) mass is 1120 g/mol. The molecule has 0 aromatic heterocycles. The summed E-state index contributed by atoms with van der Waals surface area (Å²) in [4.78, 5) is 0. The van der Waals surface area contributed by atoms with Gasteiger partial charge in [-0.3, -0.25) is 0 Å². The van der Waals surface area contributed by atoms with Crippen LogP contribution in [0.3, 0.4) is 0 Å². The van der Waals surface area contributed by atoms with Crippen molar-refractivity contribution in [1.82, 2.24) is 0 Å². The molecule has 0 atom stereocenters.